The van der Waals surface area contributed by atoms with Gasteiger partial charge in [0, 0.05) is 20.8 Å². The molecule has 3 nitrogen and oxygen atoms in total. The van der Waals surface area contributed by atoms with E-state index in [0.29, 0.717) is 5.39 Å². The number of aryl methyl sites for hydroxylation is 2. The third-order valence-electron chi connectivity index (χ3n) is 2.42. The van der Waals surface area contributed by atoms with Crippen LogP contribution >= 0.6 is 22.0 Å². The molecule has 0 aliphatic heterocycles. The standard InChI is InChI=1S/C11H8ClNO2S2/c1-6-3-7(2)10-8(4-6)11(17(12,14)15)9(5-13)16-10/h3-4H,1-2H3. The highest BCUT2D eigenvalue weighted by molar-refractivity contribution is 8.14. The van der Waals surface area contributed by atoms with Crippen molar-refractivity contribution in [1.82, 2.24) is 0 Å². The number of thiophene rings is 1. The Kier molecular flexibility index (Phi) is 2.90. The molecule has 6 heteroatoms. The second-order valence-electron chi connectivity index (χ2n) is 3.77. The van der Waals surface area contributed by atoms with Gasteiger partial charge < -0.3 is 0 Å². The van der Waals surface area contributed by atoms with Gasteiger partial charge in [-0.25, -0.2) is 8.42 Å². The molecule has 0 atom stereocenters. The molecule has 0 unspecified atom stereocenters. The number of nitriles is 1. The Morgan fingerprint density at radius 3 is 2.53 bits per heavy atom. The molecule has 0 fully saturated rings. The van der Waals surface area contributed by atoms with E-state index in [0.717, 1.165) is 27.2 Å². The van der Waals surface area contributed by atoms with E-state index in [1.54, 1.807) is 6.07 Å². The lowest BCUT2D eigenvalue weighted by Gasteiger charge is -2.00. The highest BCUT2D eigenvalue weighted by atomic mass is 35.7. The van der Waals surface area contributed by atoms with E-state index >= 15 is 0 Å². The zero-order valence-corrected chi connectivity index (χ0v) is 11.5. The van der Waals surface area contributed by atoms with Crippen LogP contribution in [-0.2, 0) is 9.05 Å². The zero-order chi connectivity index (χ0) is 12.8. The van der Waals surface area contributed by atoms with Gasteiger partial charge in [0.25, 0.3) is 9.05 Å². The van der Waals surface area contributed by atoms with Gasteiger partial charge in [-0.3, -0.25) is 0 Å². The lowest BCUT2D eigenvalue weighted by molar-refractivity contribution is 0.610. The molecule has 0 amide bonds. The van der Waals surface area contributed by atoms with Gasteiger partial charge in [-0.15, -0.1) is 11.3 Å². The molecular weight excluding hydrogens is 278 g/mol. The molecule has 2 rings (SSSR count). The number of hydrogen-bond donors (Lipinski definition) is 0. The summed E-state index contributed by atoms with van der Waals surface area (Å²) in [6.07, 6.45) is 0. The van der Waals surface area contributed by atoms with Crippen LogP contribution in [0.15, 0.2) is 17.0 Å². The average molecular weight is 286 g/mol. The maximum Gasteiger partial charge on any atom is 0.264 e. The lowest BCUT2D eigenvalue weighted by atomic mass is 10.1. The summed E-state index contributed by atoms with van der Waals surface area (Å²) in [4.78, 5) is 0.0807. The quantitative estimate of drug-likeness (QED) is 0.755. The minimum Gasteiger partial charge on any atom is -0.207 e. The van der Waals surface area contributed by atoms with Crippen molar-refractivity contribution in [2.45, 2.75) is 18.7 Å². The minimum atomic E-state index is -3.90. The molecule has 17 heavy (non-hydrogen) atoms. The molecule has 0 radical (unpaired) electrons. The third-order valence-corrected chi connectivity index (χ3v) is 5.17. The van der Waals surface area contributed by atoms with Crippen molar-refractivity contribution in [3.63, 3.8) is 0 Å². The number of halogens is 1. The van der Waals surface area contributed by atoms with Crippen molar-refractivity contribution in [3.8, 4) is 6.07 Å². The first-order chi connectivity index (χ1) is 7.84. The average Bonchev–Trinajstić information content (AvgIpc) is 2.55. The molecule has 1 heterocycles. The van der Waals surface area contributed by atoms with Crippen molar-refractivity contribution < 1.29 is 8.42 Å². The fourth-order valence-electron chi connectivity index (χ4n) is 1.84. The summed E-state index contributed by atoms with van der Waals surface area (Å²) in [5.41, 5.74) is 1.90. The molecule has 1 aromatic carbocycles. The fraction of sp³-hybridized carbons (Fsp3) is 0.182. The molecule has 2 aromatic rings. The van der Waals surface area contributed by atoms with Crippen LogP contribution in [0.1, 0.15) is 16.0 Å². The van der Waals surface area contributed by atoms with Crippen molar-refractivity contribution in [1.29, 1.82) is 5.26 Å². The number of rotatable bonds is 1. The van der Waals surface area contributed by atoms with Crippen molar-refractivity contribution in [2.75, 3.05) is 0 Å². The van der Waals surface area contributed by atoms with Gasteiger partial charge in [0.05, 0.1) is 0 Å². The molecule has 1 aromatic heterocycles. The van der Waals surface area contributed by atoms with Gasteiger partial charge in [0.15, 0.2) is 0 Å². The lowest BCUT2D eigenvalue weighted by Crippen LogP contribution is -1.92. The monoisotopic (exact) mass is 285 g/mol. The topological polar surface area (TPSA) is 57.9 Å². The molecule has 0 bridgehead atoms. The van der Waals surface area contributed by atoms with Gasteiger partial charge in [-0.05, 0) is 25.5 Å². The predicted molar refractivity (Wildman–Crippen MR) is 69.1 cm³/mol. The Balaban J connectivity index is 3.06. The third kappa shape index (κ3) is 2.04. The summed E-state index contributed by atoms with van der Waals surface area (Å²) >= 11 is 1.16. The SMILES string of the molecule is Cc1cc(C)c2sc(C#N)c(S(=O)(=O)Cl)c2c1. The number of nitrogens with zero attached hydrogens (tertiary/aromatic N) is 1. The Bertz CT molecular complexity index is 754. The number of benzene rings is 1. The molecule has 88 valence electrons. The number of fused-ring (bicyclic) bond motifs is 1. The second kappa shape index (κ2) is 3.98. The van der Waals surface area contributed by atoms with E-state index in [1.807, 2.05) is 26.0 Å². The van der Waals surface area contributed by atoms with Crippen LogP contribution in [0.2, 0.25) is 0 Å². The summed E-state index contributed by atoms with van der Waals surface area (Å²) in [7, 11) is 1.49. The first-order valence-corrected chi connectivity index (χ1v) is 7.85. The Morgan fingerprint density at radius 2 is 2.00 bits per heavy atom. The Morgan fingerprint density at radius 1 is 1.35 bits per heavy atom. The molecule has 0 spiro atoms. The van der Waals surface area contributed by atoms with Crippen LogP contribution in [0.25, 0.3) is 10.1 Å². The largest absolute Gasteiger partial charge is 0.264 e. The minimum absolute atomic E-state index is 0.0616. The van der Waals surface area contributed by atoms with Crippen LogP contribution in [0.3, 0.4) is 0 Å². The van der Waals surface area contributed by atoms with Crippen LogP contribution < -0.4 is 0 Å². The normalized spacial score (nSPS) is 11.6. The van der Waals surface area contributed by atoms with E-state index in [-0.39, 0.29) is 9.77 Å². The van der Waals surface area contributed by atoms with Gasteiger partial charge >= 0.3 is 0 Å². The van der Waals surface area contributed by atoms with E-state index in [4.69, 9.17) is 15.9 Å². The second-order valence-corrected chi connectivity index (χ2v) is 7.29. The van der Waals surface area contributed by atoms with Crippen LogP contribution in [0, 0.1) is 25.2 Å². The van der Waals surface area contributed by atoms with Crippen molar-refractivity contribution in [3.05, 3.63) is 28.1 Å². The summed E-state index contributed by atoms with van der Waals surface area (Å²) < 4.78 is 23.9. The van der Waals surface area contributed by atoms with Gasteiger partial charge in [0.1, 0.15) is 15.8 Å². The maximum atomic E-state index is 11.5. The smallest absolute Gasteiger partial charge is 0.207 e. The van der Waals surface area contributed by atoms with E-state index < -0.39 is 9.05 Å². The highest BCUT2D eigenvalue weighted by Crippen LogP contribution is 2.38. The first kappa shape index (κ1) is 12.4. The van der Waals surface area contributed by atoms with E-state index in [2.05, 4.69) is 0 Å². The summed E-state index contributed by atoms with van der Waals surface area (Å²) in [6.45, 7) is 3.76. The maximum absolute atomic E-state index is 11.5. The first-order valence-electron chi connectivity index (χ1n) is 4.73. The van der Waals surface area contributed by atoms with E-state index in [1.165, 1.54) is 0 Å². The van der Waals surface area contributed by atoms with Crippen molar-refractivity contribution in [2.24, 2.45) is 0 Å². The molecule has 0 saturated carbocycles. The summed E-state index contributed by atoms with van der Waals surface area (Å²) in [5, 5.41) is 9.52. The molecule has 0 N–H and O–H groups in total. The zero-order valence-electron chi connectivity index (χ0n) is 9.11. The molecule has 0 aliphatic rings. The Hall–Kier alpha value is -1.09. The van der Waals surface area contributed by atoms with E-state index in [9.17, 15) is 8.42 Å². The Labute approximate surface area is 108 Å². The van der Waals surface area contributed by atoms with Gasteiger partial charge in [-0.1, -0.05) is 11.6 Å². The molecule has 0 saturated heterocycles. The summed E-state index contributed by atoms with van der Waals surface area (Å²) in [5.74, 6) is 0. The number of hydrogen-bond acceptors (Lipinski definition) is 4. The predicted octanol–water partition coefficient (Wildman–Crippen LogP) is 3.32. The van der Waals surface area contributed by atoms with Crippen LogP contribution in [0.4, 0.5) is 0 Å². The molecule has 0 aliphatic carbocycles. The highest BCUT2D eigenvalue weighted by Gasteiger charge is 2.23. The van der Waals surface area contributed by atoms with Gasteiger partial charge in [-0.2, -0.15) is 5.26 Å². The van der Waals surface area contributed by atoms with Crippen LogP contribution in [0.5, 0.6) is 0 Å². The fourth-order valence-corrected chi connectivity index (χ4v) is 4.62. The van der Waals surface area contributed by atoms with Crippen LogP contribution in [-0.4, -0.2) is 8.42 Å². The molecular formula is C11H8ClNO2S2. The summed E-state index contributed by atoms with van der Waals surface area (Å²) in [6, 6.07) is 5.59. The van der Waals surface area contributed by atoms with Gasteiger partial charge in [0.2, 0.25) is 0 Å². The van der Waals surface area contributed by atoms with Crippen molar-refractivity contribution >= 4 is 41.2 Å².